The van der Waals surface area contributed by atoms with E-state index < -0.39 is 0 Å². The van der Waals surface area contributed by atoms with Gasteiger partial charge in [0.1, 0.15) is 0 Å². The molecule has 0 heterocycles. The minimum Gasteiger partial charge on any atom is -0.399 e. The summed E-state index contributed by atoms with van der Waals surface area (Å²) in [6.07, 6.45) is 1.61. The molecule has 7 nitrogen and oxygen atoms in total. The number of hydrazine groups is 1. The number of benzene rings is 2. The molecule has 2 aromatic carbocycles. The van der Waals surface area contributed by atoms with Gasteiger partial charge in [0, 0.05) is 24.2 Å². The maximum Gasteiger partial charge on any atom is 0.323 e. The fourth-order valence-electron chi connectivity index (χ4n) is 2.65. The Morgan fingerprint density at radius 2 is 1.86 bits per heavy atom. The quantitative estimate of drug-likeness (QED) is 0.393. The van der Waals surface area contributed by atoms with Gasteiger partial charge in [0.2, 0.25) is 0 Å². The average Bonchev–Trinajstić information content (AvgIpc) is 2.68. The van der Waals surface area contributed by atoms with Crippen molar-refractivity contribution in [3.63, 3.8) is 0 Å². The van der Waals surface area contributed by atoms with Crippen LogP contribution < -0.4 is 27.2 Å². The molecule has 156 valence electrons. The van der Waals surface area contributed by atoms with Crippen LogP contribution >= 0.6 is 0 Å². The van der Waals surface area contributed by atoms with Crippen molar-refractivity contribution in [2.45, 2.75) is 33.6 Å². The highest BCUT2D eigenvalue weighted by Gasteiger charge is 2.08. The molecule has 0 bridgehead atoms. The van der Waals surface area contributed by atoms with E-state index in [0.717, 1.165) is 16.9 Å². The van der Waals surface area contributed by atoms with Crippen LogP contribution in [0, 0.1) is 6.92 Å². The summed E-state index contributed by atoms with van der Waals surface area (Å²) in [4.78, 5) is 12.4. The van der Waals surface area contributed by atoms with E-state index in [1.54, 1.807) is 30.5 Å². The number of urea groups is 1. The van der Waals surface area contributed by atoms with E-state index >= 15 is 0 Å². The zero-order valence-corrected chi connectivity index (χ0v) is 17.5. The van der Waals surface area contributed by atoms with E-state index in [2.05, 4.69) is 30.5 Å². The van der Waals surface area contributed by atoms with Crippen LogP contribution in [0.5, 0.6) is 0 Å². The van der Waals surface area contributed by atoms with Crippen LogP contribution in [-0.4, -0.2) is 19.2 Å². The molecule has 0 unspecified atom stereocenters. The largest absolute Gasteiger partial charge is 0.399 e. The van der Waals surface area contributed by atoms with Gasteiger partial charge >= 0.3 is 6.03 Å². The molecule has 29 heavy (non-hydrogen) atoms. The predicted octanol–water partition coefficient (Wildman–Crippen LogP) is 4.28. The SMILES string of the molecule is CCOC/C(N)=C/N(N)c1ccc(NC(=O)Nc2cc(C(C)C)ccc2C)cc1. The van der Waals surface area contributed by atoms with Crippen LogP contribution in [0.3, 0.4) is 0 Å². The van der Waals surface area contributed by atoms with E-state index in [1.165, 1.54) is 10.6 Å². The number of amides is 2. The molecule has 0 saturated heterocycles. The number of hydrogen-bond acceptors (Lipinski definition) is 5. The zero-order valence-electron chi connectivity index (χ0n) is 17.5. The number of anilines is 3. The molecular weight excluding hydrogens is 366 g/mol. The van der Waals surface area contributed by atoms with Crippen LogP contribution in [0.2, 0.25) is 0 Å². The Balaban J connectivity index is 1.99. The minimum absolute atomic E-state index is 0.299. The maximum atomic E-state index is 12.4. The monoisotopic (exact) mass is 397 g/mol. The second-order valence-electron chi connectivity index (χ2n) is 7.10. The molecule has 0 saturated carbocycles. The van der Waals surface area contributed by atoms with Gasteiger partial charge in [-0.25, -0.2) is 10.6 Å². The number of carbonyl (C=O) groups is 1. The number of nitrogens with zero attached hydrogens (tertiary/aromatic N) is 1. The number of hydrogen-bond donors (Lipinski definition) is 4. The van der Waals surface area contributed by atoms with Gasteiger partial charge in [-0.1, -0.05) is 26.0 Å². The molecular formula is C22H31N5O2. The lowest BCUT2D eigenvalue weighted by Gasteiger charge is -2.16. The summed E-state index contributed by atoms with van der Waals surface area (Å²) in [7, 11) is 0. The molecule has 0 fully saturated rings. The van der Waals surface area contributed by atoms with Crippen molar-refractivity contribution in [1.29, 1.82) is 0 Å². The average molecular weight is 398 g/mol. The van der Waals surface area contributed by atoms with Gasteiger partial charge in [0.05, 0.1) is 18.0 Å². The normalized spacial score (nSPS) is 11.4. The van der Waals surface area contributed by atoms with Crippen molar-refractivity contribution in [1.82, 2.24) is 0 Å². The molecule has 0 aliphatic rings. The summed E-state index contributed by atoms with van der Waals surface area (Å²) < 4.78 is 5.24. The summed E-state index contributed by atoms with van der Waals surface area (Å²) in [5.74, 6) is 6.39. The Morgan fingerprint density at radius 3 is 2.48 bits per heavy atom. The smallest absolute Gasteiger partial charge is 0.323 e. The molecule has 2 aromatic rings. The molecule has 0 aliphatic carbocycles. The van der Waals surface area contributed by atoms with Crippen molar-refractivity contribution in [2.75, 3.05) is 28.9 Å². The van der Waals surface area contributed by atoms with Crippen LogP contribution in [0.1, 0.15) is 37.8 Å². The molecule has 0 spiro atoms. The minimum atomic E-state index is -0.299. The summed E-state index contributed by atoms with van der Waals surface area (Å²) in [5, 5.41) is 7.16. The third-order valence-corrected chi connectivity index (χ3v) is 4.38. The number of ether oxygens (including phenoxy) is 1. The lowest BCUT2D eigenvalue weighted by Crippen LogP contribution is -2.27. The Bertz CT molecular complexity index is 847. The van der Waals surface area contributed by atoms with Gasteiger partial charge in [0.15, 0.2) is 0 Å². The first kappa shape index (κ1) is 22.3. The fraction of sp³-hybridized carbons (Fsp3) is 0.318. The third kappa shape index (κ3) is 6.81. The highest BCUT2D eigenvalue weighted by atomic mass is 16.5. The van der Waals surface area contributed by atoms with Crippen LogP contribution in [-0.2, 0) is 4.74 Å². The van der Waals surface area contributed by atoms with Gasteiger partial charge in [-0.2, -0.15) is 0 Å². The van der Waals surface area contributed by atoms with Gasteiger partial charge in [-0.3, -0.25) is 5.01 Å². The standard InChI is InChI=1S/C22H31N5O2/c1-5-29-14-18(23)13-27(24)20-10-8-19(9-11-20)25-22(28)26-21-12-17(15(2)3)7-6-16(21)4/h6-13,15H,5,14,23-24H2,1-4H3,(H2,25,26,28)/b18-13-. The Morgan fingerprint density at radius 1 is 1.17 bits per heavy atom. The molecule has 6 N–H and O–H groups in total. The molecule has 2 rings (SSSR count). The molecule has 0 radical (unpaired) electrons. The van der Waals surface area contributed by atoms with Crippen molar-refractivity contribution in [3.05, 3.63) is 65.5 Å². The predicted molar refractivity (Wildman–Crippen MR) is 120 cm³/mol. The summed E-state index contributed by atoms with van der Waals surface area (Å²) >= 11 is 0. The first-order valence-electron chi connectivity index (χ1n) is 9.66. The number of rotatable bonds is 8. The topological polar surface area (TPSA) is 106 Å². The van der Waals surface area contributed by atoms with Crippen LogP contribution in [0.15, 0.2) is 54.4 Å². The van der Waals surface area contributed by atoms with E-state index in [0.29, 0.717) is 30.5 Å². The first-order valence-corrected chi connectivity index (χ1v) is 9.66. The number of carbonyl (C=O) groups excluding carboxylic acids is 1. The van der Waals surface area contributed by atoms with Gasteiger partial charge in [0.25, 0.3) is 0 Å². The number of nitrogens with two attached hydrogens (primary N) is 2. The Kier molecular flexibility index (Phi) is 8.06. The summed E-state index contributed by atoms with van der Waals surface area (Å²) in [6.45, 7) is 9.02. The Labute approximate surface area is 172 Å². The molecule has 0 aromatic heterocycles. The molecule has 7 heteroatoms. The molecule has 2 amide bonds. The highest BCUT2D eigenvalue weighted by molar-refractivity contribution is 6.00. The van der Waals surface area contributed by atoms with Crippen molar-refractivity contribution >= 4 is 23.1 Å². The second-order valence-corrected chi connectivity index (χ2v) is 7.10. The van der Waals surface area contributed by atoms with Crippen molar-refractivity contribution in [3.8, 4) is 0 Å². The van der Waals surface area contributed by atoms with Crippen molar-refractivity contribution in [2.24, 2.45) is 11.6 Å². The second kappa shape index (κ2) is 10.5. The third-order valence-electron chi connectivity index (χ3n) is 4.38. The maximum absolute atomic E-state index is 12.4. The van der Waals surface area contributed by atoms with Crippen LogP contribution in [0.4, 0.5) is 21.9 Å². The zero-order chi connectivity index (χ0) is 21.4. The van der Waals surface area contributed by atoms with Crippen LogP contribution in [0.25, 0.3) is 0 Å². The first-order chi connectivity index (χ1) is 13.8. The fourth-order valence-corrected chi connectivity index (χ4v) is 2.65. The van der Waals surface area contributed by atoms with Crippen molar-refractivity contribution < 1.29 is 9.53 Å². The summed E-state index contributed by atoms with van der Waals surface area (Å²) in [5.41, 5.74) is 10.8. The van der Waals surface area contributed by atoms with Gasteiger partial charge < -0.3 is 21.1 Å². The van der Waals surface area contributed by atoms with E-state index in [-0.39, 0.29) is 6.03 Å². The van der Waals surface area contributed by atoms with Gasteiger partial charge in [-0.05, 0) is 61.2 Å². The molecule has 0 aliphatic heterocycles. The van der Waals surface area contributed by atoms with Gasteiger partial charge in [-0.15, -0.1) is 0 Å². The number of aryl methyl sites for hydroxylation is 1. The highest BCUT2D eigenvalue weighted by Crippen LogP contribution is 2.23. The summed E-state index contributed by atoms with van der Waals surface area (Å²) in [6, 6.07) is 12.9. The Hall–Kier alpha value is -3.03. The molecule has 0 atom stereocenters. The number of nitrogens with one attached hydrogen (secondary N) is 2. The van der Waals surface area contributed by atoms with E-state index in [9.17, 15) is 4.79 Å². The van der Waals surface area contributed by atoms with E-state index in [4.69, 9.17) is 16.3 Å². The lowest BCUT2D eigenvalue weighted by molar-refractivity contribution is 0.170. The lowest BCUT2D eigenvalue weighted by atomic mass is 10.0. The van der Waals surface area contributed by atoms with E-state index in [1.807, 2.05) is 26.0 Å².